The van der Waals surface area contributed by atoms with E-state index in [0.29, 0.717) is 18.5 Å². The van der Waals surface area contributed by atoms with E-state index >= 15 is 0 Å². The molecule has 0 aliphatic rings. The molecule has 0 aliphatic carbocycles. The summed E-state index contributed by atoms with van der Waals surface area (Å²) in [4.78, 5) is 11.3. The number of amides is 2. The highest BCUT2D eigenvalue weighted by molar-refractivity contribution is 5.73. The summed E-state index contributed by atoms with van der Waals surface area (Å²) < 4.78 is 37.4. The van der Waals surface area contributed by atoms with Crippen molar-refractivity contribution in [2.24, 2.45) is 0 Å². The number of hydrogen-bond donors (Lipinski definition) is 3. The first-order chi connectivity index (χ1) is 9.93. The van der Waals surface area contributed by atoms with E-state index in [1.165, 1.54) is 12.1 Å². The maximum Gasteiger partial charge on any atom is 0.416 e. The Morgan fingerprint density at radius 1 is 1.33 bits per heavy atom. The van der Waals surface area contributed by atoms with Crippen molar-refractivity contribution < 1.29 is 23.1 Å². The zero-order valence-corrected chi connectivity index (χ0v) is 11.7. The third-order valence-electron chi connectivity index (χ3n) is 2.34. The van der Waals surface area contributed by atoms with Crippen molar-refractivity contribution in [3.05, 3.63) is 48.0 Å². The molecule has 1 aromatic rings. The van der Waals surface area contributed by atoms with Crippen LogP contribution in [0.15, 0.2) is 36.9 Å². The highest BCUT2D eigenvalue weighted by Gasteiger charge is 2.30. The predicted octanol–water partition coefficient (Wildman–Crippen LogP) is 2.69. The van der Waals surface area contributed by atoms with Crippen LogP contribution in [0.5, 0.6) is 0 Å². The minimum Gasteiger partial charge on any atom is -0.400 e. The molecule has 118 valence electrons. The second-order valence-electron chi connectivity index (χ2n) is 3.88. The first kappa shape index (κ1) is 19.0. The maximum absolute atomic E-state index is 12.5. The summed E-state index contributed by atoms with van der Waals surface area (Å²) in [5.41, 5.74) is -0.326. The summed E-state index contributed by atoms with van der Waals surface area (Å²) in [7, 11) is 1.00. The van der Waals surface area contributed by atoms with E-state index < -0.39 is 17.8 Å². The van der Waals surface area contributed by atoms with Gasteiger partial charge in [0.25, 0.3) is 0 Å². The van der Waals surface area contributed by atoms with Gasteiger partial charge in [-0.3, -0.25) is 0 Å². The summed E-state index contributed by atoms with van der Waals surface area (Å²) in [6.07, 6.45) is -2.08. The number of nitrogens with one attached hydrogen (secondary N) is 2. The van der Waals surface area contributed by atoms with Crippen molar-refractivity contribution in [1.82, 2.24) is 10.6 Å². The first-order valence-electron chi connectivity index (χ1n) is 6.17. The molecule has 0 saturated heterocycles. The number of benzene rings is 1. The number of halogens is 3. The van der Waals surface area contributed by atoms with E-state index in [-0.39, 0.29) is 6.54 Å². The maximum atomic E-state index is 12.5. The molecule has 2 amide bonds. The molecule has 1 aromatic carbocycles. The number of aliphatic hydroxyl groups is 1. The summed E-state index contributed by atoms with van der Waals surface area (Å²) in [6, 6.07) is 4.44. The Hall–Kier alpha value is -2.02. The minimum absolute atomic E-state index is 0.0455. The van der Waals surface area contributed by atoms with Gasteiger partial charge in [-0.2, -0.15) is 13.2 Å². The molecule has 0 heterocycles. The third kappa shape index (κ3) is 7.98. The van der Waals surface area contributed by atoms with E-state index in [0.717, 1.165) is 19.2 Å². The number of rotatable bonds is 5. The second-order valence-corrected chi connectivity index (χ2v) is 3.88. The monoisotopic (exact) mass is 304 g/mol. The molecule has 0 spiro atoms. The van der Waals surface area contributed by atoms with Gasteiger partial charge in [0, 0.05) is 20.2 Å². The van der Waals surface area contributed by atoms with Gasteiger partial charge < -0.3 is 15.7 Å². The van der Waals surface area contributed by atoms with Gasteiger partial charge in [-0.1, -0.05) is 18.2 Å². The lowest BCUT2D eigenvalue weighted by molar-refractivity contribution is -0.137. The van der Waals surface area contributed by atoms with Crippen LogP contribution in [-0.4, -0.2) is 24.8 Å². The molecule has 0 unspecified atom stereocenters. The second kappa shape index (κ2) is 9.82. The van der Waals surface area contributed by atoms with E-state index in [1.54, 1.807) is 6.08 Å². The molecule has 0 fully saturated rings. The number of aliphatic hydroxyl groups excluding tert-OH is 1. The number of carbonyl (C=O) groups excluding carboxylic acids is 1. The number of alkyl halides is 3. The lowest BCUT2D eigenvalue weighted by atomic mass is 10.1. The molecule has 0 saturated carbocycles. The summed E-state index contributed by atoms with van der Waals surface area (Å²) >= 11 is 0. The van der Waals surface area contributed by atoms with Gasteiger partial charge in [-0.05, 0) is 24.1 Å². The van der Waals surface area contributed by atoms with E-state index in [4.69, 9.17) is 5.11 Å². The van der Waals surface area contributed by atoms with Crippen LogP contribution < -0.4 is 10.6 Å². The molecule has 0 radical (unpaired) electrons. The average molecular weight is 304 g/mol. The van der Waals surface area contributed by atoms with Gasteiger partial charge >= 0.3 is 12.2 Å². The van der Waals surface area contributed by atoms with Gasteiger partial charge in [0.2, 0.25) is 0 Å². The molecular formula is C14H19F3N2O2. The van der Waals surface area contributed by atoms with Crippen molar-refractivity contribution in [2.45, 2.75) is 19.1 Å². The minimum atomic E-state index is -4.37. The molecule has 21 heavy (non-hydrogen) atoms. The molecule has 3 N–H and O–H groups in total. The fraction of sp³-hybridized carbons (Fsp3) is 0.357. The van der Waals surface area contributed by atoms with E-state index in [2.05, 4.69) is 17.2 Å². The molecule has 1 rings (SSSR count). The molecule has 0 aliphatic heterocycles. The third-order valence-corrected chi connectivity index (χ3v) is 2.34. The van der Waals surface area contributed by atoms with Crippen LogP contribution >= 0.6 is 0 Å². The Bertz CT molecular complexity index is 448. The van der Waals surface area contributed by atoms with E-state index in [1.807, 2.05) is 0 Å². The lowest BCUT2D eigenvalue weighted by Crippen LogP contribution is -2.35. The Labute approximate surface area is 121 Å². The fourth-order valence-corrected chi connectivity index (χ4v) is 1.39. The quantitative estimate of drug-likeness (QED) is 0.578. The smallest absolute Gasteiger partial charge is 0.400 e. The number of hydrogen-bond acceptors (Lipinski definition) is 2. The summed E-state index contributed by atoms with van der Waals surface area (Å²) in [5, 5.41) is 12.0. The molecule has 7 heteroatoms. The summed E-state index contributed by atoms with van der Waals surface area (Å²) in [5.74, 6) is 0. The van der Waals surface area contributed by atoms with Crippen molar-refractivity contribution in [3.63, 3.8) is 0 Å². The predicted molar refractivity (Wildman–Crippen MR) is 74.6 cm³/mol. The SMILES string of the molecule is C=CCCNC(=O)NCc1cccc(C(F)(F)F)c1.CO. The largest absolute Gasteiger partial charge is 0.416 e. The van der Waals surface area contributed by atoms with Gasteiger partial charge in [0.05, 0.1) is 5.56 Å². The molecule has 0 atom stereocenters. The van der Waals surface area contributed by atoms with Gasteiger partial charge in [-0.25, -0.2) is 4.79 Å². The highest BCUT2D eigenvalue weighted by atomic mass is 19.4. The topological polar surface area (TPSA) is 61.4 Å². The standard InChI is InChI=1S/C13H15F3N2O.CH4O/c1-2-3-7-17-12(19)18-9-10-5-4-6-11(8-10)13(14,15)16;1-2/h2,4-6,8H,1,3,7,9H2,(H2,17,18,19);2H,1H3. The van der Waals surface area contributed by atoms with Crippen LogP contribution in [-0.2, 0) is 12.7 Å². The van der Waals surface area contributed by atoms with Crippen LogP contribution in [0.4, 0.5) is 18.0 Å². The highest BCUT2D eigenvalue weighted by Crippen LogP contribution is 2.29. The molecular weight excluding hydrogens is 285 g/mol. The zero-order chi connectivity index (χ0) is 16.3. The van der Waals surface area contributed by atoms with Gasteiger partial charge in [0.15, 0.2) is 0 Å². The fourth-order valence-electron chi connectivity index (χ4n) is 1.39. The van der Waals surface area contributed by atoms with Crippen molar-refractivity contribution in [3.8, 4) is 0 Å². The van der Waals surface area contributed by atoms with Crippen LogP contribution in [0, 0.1) is 0 Å². The number of carbonyl (C=O) groups is 1. The molecule has 0 bridgehead atoms. The van der Waals surface area contributed by atoms with Crippen LogP contribution in [0.1, 0.15) is 17.5 Å². The first-order valence-corrected chi connectivity index (χ1v) is 6.17. The zero-order valence-electron chi connectivity index (χ0n) is 11.7. The molecule has 0 aromatic heterocycles. The van der Waals surface area contributed by atoms with Crippen LogP contribution in [0.2, 0.25) is 0 Å². The van der Waals surface area contributed by atoms with E-state index in [9.17, 15) is 18.0 Å². The number of urea groups is 1. The van der Waals surface area contributed by atoms with Gasteiger partial charge in [0.1, 0.15) is 0 Å². The van der Waals surface area contributed by atoms with Crippen LogP contribution in [0.25, 0.3) is 0 Å². The van der Waals surface area contributed by atoms with Crippen molar-refractivity contribution >= 4 is 6.03 Å². The van der Waals surface area contributed by atoms with Crippen LogP contribution in [0.3, 0.4) is 0 Å². The molecule has 4 nitrogen and oxygen atoms in total. The normalized spacial score (nSPS) is 10.1. The Morgan fingerprint density at radius 3 is 2.57 bits per heavy atom. The lowest BCUT2D eigenvalue weighted by Gasteiger charge is -2.10. The average Bonchev–Trinajstić information content (AvgIpc) is 2.47. The Balaban J connectivity index is 0.00000191. The van der Waals surface area contributed by atoms with Crippen molar-refractivity contribution in [2.75, 3.05) is 13.7 Å². The Morgan fingerprint density at radius 2 is 2.00 bits per heavy atom. The van der Waals surface area contributed by atoms with Crippen molar-refractivity contribution in [1.29, 1.82) is 0 Å². The Kier molecular flexibility index (Phi) is 8.87. The summed E-state index contributed by atoms with van der Waals surface area (Å²) in [6.45, 7) is 3.99. The van der Waals surface area contributed by atoms with Gasteiger partial charge in [-0.15, -0.1) is 6.58 Å².